The molecule has 2 fully saturated rings. The molecule has 2 aliphatic rings. The van der Waals surface area contributed by atoms with Crippen LogP contribution in [0.15, 0.2) is 73.1 Å². The van der Waals surface area contributed by atoms with Crippen molar-refractivity contribution in [3.05, 3.63) is 90.0 Å². The van der Waals surface area contributed by atoms with E-state index in [1.165, 1.54) is 18.3 Å². The number of Topliss-reactive ketones (excluding diaryl/α,β-unsaturated/α-hetero) is 1. The molecule has 8 heteroatoms. The molecule has 36 heavy (non-hydrogen) atoms. The van der Waals surface area contributed by atoms with Crippen molar-refractivity contribution >= 4 is 28.5 Å². The Morgan fingerprint density at radius 2 is 1.69 bits per heavy atom. The molecule has 1 aliphatic heterocycles. The Morgan fingerprint density at radius 3 is 2.42 bits per heavy atom. The van der Waals surface area contributed by atoms with Gasteiger partial charge in [-0.25, -0.2) is 4.39 Å². The lowest BCUT2D eigenvalue weighted by Gasteiger charge is -2.41. The van der Waals surface area contributed by atoms with Gasteiger partial charge in [-0.3, -0.25) is 19.4 Å². The number of nitrogens with one attached hydrogen (secondary N) is 1. The molecule has 1 spiro atoms. The average Bonchev–Trinajstić information content (AvgIpc) is 3.53. The highest BCUT2D eigenvalue weighted by Gasteiger charge is 2.55. The van der Waals surface area contributed by atoms with Crippen LogP contribution in [-0.2, 0) is 4.79 Å². The number of benzene rings is 2. The number of amides is 2. The number of hydrogen-bond acceptors (Lipinski definition) is 4. The summed E-state index contributed by atoms with van der Waals surface area (Å²) in [6.45, 7) is 1.11. The van der Waals surface area contributed by atoms with E-state index >= 15 is 0 Å². The number of aromatic amines is 1. The predicted molar refractivity (Wildman–Crippen MR) is 132 cm³/mol. The van der Waals surface area contributed by atoms with Crippen LogP contribution >= 0.6 is 0 Å². The molecule has 0 atom stereocenters. The Morgan fingerprint density at radius 1 is 0.944 bits per heavy atom. The number of nitrogens with zero attached hydrogens (tertiary/aromatic N) is 3. The number of ketones is 1. The molecule has 0 unspecified atom stereocenters. The van der Waals surface area contributed by atoms with E-state index in [0.717, 1.165) is 12.8 Å². The van der Waals surface area contributed by atoms with Crippen LogP contribution < -0.4 is 0 Å². The maximum Gasteiger partial charge on any atom is 0.295 e. The summed E-state index contributed by atoms with van der Waals surface area (Å²) >= 11 is 0. The molecule has 2 amide bonds. The SMILES string of the molecule is O=C(C(=O)N1CCN(C(=O)c2ccccc2)CC12CC2)c1c[nH]c2c(-c3ccc(F)cc3)nccc12. The third-order valence-electron chi connectivity index (χ3n) is 7.19. The van der Waals surface area contributed by atoms with E-state index in [2.05, 4.69) is 9.97 Å². The molecule has 7 nitrogen and oxygen atoms in total. The maximum atomic E-state index is 13.4. The fourth-order valence-corrected chi connectivity index (χ4v) is 5.11. The van der Waals surface area contributed by atoms with Gasteiger partial charge >= 0.3 is 0 Å². The van der Waals surface area contributed by atoms with Crippen LogP contribution in [0.3, 0.4) is 0 Å². The van der Waals surface area contributed by atoms with Crippen LogP contribution in [0.1, 0.15) is 33.6 Å². The molecule has 4 aromatic rings. The second-order valence-corrected chi connectivity index (χ2v) is 9.39. The van der Waals surface area contributed by atoms with Crippen molar-refractivity contribution < 1.29 is 18.8 Å². The van der Waals surface area contributed by atoms with Gasteiger partial charge in [0, 0.05) is 48.5 Å². The Bertz CT molecular complexity index is 1490. The van der Waals surface area contributed by atoms with Gasteiger partial charge in [0.05, 0.1) is 22.3 Å². The molecule has 1 saturated heterocycles. The average molecular weight is 483 g/mol. The maximum absolute atomic E-state index is 13.4. The number of piperazine rings is 1. The predicted octanol–water partition coefficient (Wildman–Crippen LogP) is 4.07. The first kappa shape index (κ1) is 22.2. The monoisotopic (exact) mass is 482 g/mol. The summed E-state index contributed by atoms with van der Waals surface area (Å²) in [7, 11) is 0. The van der Waals surface area contributed by atoms with Crippen LogP contribution in [0.25, 0.3) is 22.2 Å². The van der Waals surface area contributed by atoms with E-state index in [-0.39, 0.29) is 17.3 Å². The Labute approximate surface area is 206 Å². The van der Waals surface area contributed by atoms with Crippen LogP contribution in [-0.4, -0.2) is 62.5 Å². The summed E-state index contributed by atoms with van der Waals surface area (Å²) in [4.78, 5) is 50.7. The van der Waals surface area contributed by atoms with Gasteiger partial charge in [0.2, 0.25) is 0 Å². The Kier molecular flexibility index (Phi) is 5.17. The summed E-state index contributed by atoms with van der Waals surface area (Å²) in [6, 6.07) is 16.7. The summed E-state index contributed by atoms with van der Waals surface area (Å²) in [5.41, 5.74) is 2.30. The minimum atomic E-state index is -0.591. The number of H-pyrrole nitrogens is 1. The third kappa shape index (κ3) is 3.66. The van der Waals surface area contributed by atoms with Gasteiger partial charge in [0.1, 0.15) is 5.82 Å². The quantitative estimate of drug-likeness (QED) is 0.351. The van der Waals surface area contributed by atoms with Crippen molar-refractivity contribution in [1.29, 1.82) is 0 Å². The first-order valence-electron chi connectivity index (χ1n) is 11.9. The molecule has 180 valence electrons. The molecular formula is C28H23FN4O3. The summed E-state index contributed by atoms with van der Waals surface area (Å²) < 4.78 is 13.4. The van der Waals surface area contributed by atoms with Gasteiger partial charge in [-0.1, -0.05) is 18.2 Å². The van der Waals surface area contributed by atoms with Crippen molar-refractivity contribution in [3.63, 3.8) is 0 Å². The van der Waals surface area contributed by atoms with E-state index in [9.17, 15) is 18.8 Å². The fourth-order valence-electron chi connectivity index (χ4n) is 5.11. The van der Waals surface area contributed by atoms with E-state index in [1.54, 1.807) is 46.3 Å². The van der Waals surface area contributed by atoms with Crippen molar-refractivity contribution in [2.75, 3.05) is 19.6 Å². The fraction of sp³-hybridized carbons (Fsp3) is 0.214. The number of fused-ring (bicyclic) bond motifs is 1. The first-order valence-corrected chi connectivity index (χ1v) is 11.9. The number of carbonyl (C=O) groups excluding carboxylic acids is 3. The van der Waals surface area contributed by atoms with Crippen molar-refractivity contribution in [1.82, 2.24) is 19.8 Å². The normalized spacial score (nSPS) is 16.4. The highest BCUT2D eigenvalue weighted by molar-refractivity contribution is 6.45. The second-order valence-electron chi connectivity index (χ2n) is 9.39. The number of pyridine rings is 1. The molecule has 1 N–H and O–H groups in total. The molecule has 0 radical (unpaired) electrons. The van der Waals surface area contributed by atoms with Crippen LogP contribution in [0.5, 0.6) is 0 Å². The highest BCUT2D eigenvalue weighted by atomic mass is 19.1. The number of aromatic nitrogens is 2. The van der Waals surface area contributed by atoms with Gasteiger partial charge in [-0.15, -0.1) is 0 Å². The standard InChI is InChI=1S/C28H23FN4O3/c29-20-8-6-18(7-9-20)23-24-21(10-13-30-23)22(16-31-24)25(34)27(36)33-15-14-32(17-28(33)11-12-28)26(35)19-4-2-1-3-5-19/h1-10,13,16,31H,11-12,14-15,17H2. The van der Waals surface area contributed by atoms with Gasteiger partial charge in [-0.05, 0) is 55.3 Å². The Balaban J connectivity index is 1.24. The lowest BCUT2D eigenvalue weighted by Crippen LogP contribution is -2.59. The van der Waals surface area contributed by atoms with Crippen molar-refractivity contribution in [3.8, 4) is 11.3 Å². The first-order chi connectivity index (χ1) is 17.5. The zero-order chi connectivity index (χ0) is 24.9. The third-order valence-corrected chi connectivity index (χ3v) is 7.19. The van der Waals surface area contributed by atoms with Crippen LogP contribution in [0.4, 0.5) is 4.39 Å². The lowest BCUT2D eigenvalue weighted by molar-refractivity contribution is -0.131. The van der Waals surface area contributed by atoms with Crippen molar-refractivity contribution in [2.24, 2.45) is 0 Å². The molecule has 6 rings (SSSR count). The van der Waals surface area contributed by atoms with Gasteiger partial charge in [0.15, 0.2) is 0 Å². The molecule has 3 heterocycles. The number of hydrogen-bond donors (Lipinski definition) is 1. The van der Waals surface area contributed by atoms with Gasteiger partial charge < -0.3 is 14.8 Å². The van der Waals surface area contributed by atoms with E-state index in [4.69, 9.17) is 0 Å². The van der Waals surface area contributed by atoms with Gasteiger partial charge in [-0.2, -0.15) is 0 Å². The summed E-state index contributed by atoms with van der Waals surface area (Å²) in [5.74, 6) is -1.55. The topological polar surface area (TPSA) is 86.4 Å². The zero-order valence-corrected chi connectivity index (χ0v) is 19.4. The molecule has 2 aromatic carbocycles. The molecule has 1 aliphatic carbocycles. The van der Waals surface area contributed by atoms with Gasteiger partial charge in [0.25, 0.3) is 17.6 Å². The highest BCUT2D eigenvalue weighted by Crippen LogP contribution is 2.45. The number of halogens is 1. The minimum absolute atomic E-state index is 0.0576. The number of carbonyl (C=O) groups is 3. The van der Waals surface area contributed by atoms with Crippen molar-refractivity contribution in [2.45, 2.75) is 18.4 Å². The molecule has 0 bridgehead atoms. The number of rotatable bonds is 4. The molecular weight excluding hydrogens is 459 g/mol. The molecule has 1 saturated carbocycles. The molecule has 2 aromatic heterocycles. The second kappa shape index (κ2) is 8.41. The van der Waals surface area contributed by atoms with E-state index in [0.29, 0.717) is 47.4 Å². The van der Waals surface area contributed by atoms with E-state index in [1.807, 2.05) is 18.2 Å². The zero-order valence-electron chi connectivity index (χ0n) is 19.4. The summed E-state index contributed by atoms with van der Waals surface area (Å²) in [6.07, 6.45) is 4.63. The smallest absolute Gasteiger partial charge is 0.295 e. The lowest BCUT2D eigenvalue weighted by atomic mass is 10.0. The largest absolute Gasteiger partial charge is 0.359 e. The van der Waals surface area contributed by atoms with Crippen LogP contribution in [0, 0.1) is 5.82 Å². The summed E-state index contributed by atoms with van der Waals surface area (Å²) in [5, 5.41) is 0.588. The van der Waals surface area contributed by atoms with E-state index < -0.39 is 17.2 Å². The minimum Gasteiger partial charge on any atom is -0.359 e. The Hall–Kier alpha value is -4.33. The van der Waals surface area contributed by atoms with Crippen LogP contribution in [0.2, 0.25) is 0 Å².